The summed E-state index contributed by atoms with van der Waals surface area (Å²) in [6.07, 6.45) is 7.33. The number of ether oxygens (including phenoxy) is 1. The van der Waals surface area contributed by atoms with Gasteiger partial charge in [-0.25, -0.2) is 0 Å². The number of nitrogens with two attached hydrogens (primary N) is 1. The molecule has 2 atom stereocenters. The highest BCUT2D eigenvalue weighted by Crippen LogP contribution is 2.08. The van der Waals surface area contributed by atoms with Crippen LogP contribution in [-0.2, 0) is 4.74 Å². The lowest BCUT2D eigenvalue weighted by Crippen LogP contribution is -2.49. The van der Waals surface area contributed by atoms with E-state index in [-0.39, 0.29) is 12.1 Å². The maximum Gasteiger partial charge on any atom is 0.0850 e. The van der Waals surface area contributed by atoms with Gasteiger partial charge in [-0.15, -0.1) is 12.3 Å². The molecule has 3 nitrogen and oxygen atoms in total. The van der Waals surface area contributed by atoms with Crippen molar-refractivity contribution < 1.29 is 4.74 Å². The van der Waals surface area contributed by atoms with Gasteiger partial charge in [0.05, 0.1) is 12.7 Å². The van der Waals surface area contributed by atoms with E-state index in [0.29, 0.717) is 0 Å². The van der Waals surface area contributed by atoms with Crippen molar-refractivity contribution in [2.45, 2.75) is 31.9 Å². The Kier molecular flexibility index (Phi) is 4.95. The van der Waals surface area contributed by atoms with Crippen LogP contribution >= 0.6 is 0 Å². The van der Waals surface area contributed by atoms with Gasteiger partial charge < -0.3 is 10.5 Å². The molecule has 0 aromatic heterocycles. The fourth-order valence-corrected chi connectivity index (χ4v) is 1.66. The van der Waals surface area contributed by atoms with E-state index in [9.17, 15) is 0 Å². The molecule has 0 aromatic rings. The van der Waals surface area contributed by atoms with Gasteiger partial charge in [-0.1, -0.05) is 0 Å². The third-order valence-corrected chi connectivity index (χ3v) is 2.56. The molecule has 80 valence electrons. The van der Waals surface area contributed by atoms with Crippen molar-refractivity contribution in [2.24, 2.45) is 5.73 Å². The highest BCUT2D eigenvalue weighted by molar-refractivity contribution is 4.84. The Bertz CT molecular complexity index is 198. The Balaban J connectivity index is 2.23. The van der Waals surface area contributed by atoms with Crippen molar-refractivity contribution in [1.82, 2.24) is 4.90 Å². The molecular formula is C11H20N2O. The van der Waals surface area contributed by atoms with E-state index in [0.717, 1.165) is 39.1 Å². The van der Waals surface area contributed by atoms with Gasteiger partial charge in [-0.05, 0) is 19.9 Å². The minimum atomic E-state index is 0.116. The maximum atomic E-state index is 5.80. The first-order chi connectivity index (χ1) is 6.74. The van der Waals surface area contributed by atoms with Gasteiger partial charge in [-0.2, -0.15) is 0 Å². The normalized spacial score (nSPS) is 25.6. The van der Waals surface area contributed by atoms with Gasteiger partial charge in [0.25, 0.3) is 0 Å². The van der Waals surface area contributed by atoms with E-state index < -0.39 is 0 Å². The Morgan fingerprint density at radius 3 is 3.14 bits per heavy atom. The van der Waals surface area contributed by atoms with Gasteiger partial charge in [0.2, 0.25) is 0 Å². The van der Waals surface area contributed by atoms with Crippen LogP contribution in [0.3, 0.4) is 0 Å². The highest BCUT2D eigenvalue weighted by atomic mass is 16.5. The molecule has 0 bridgehead atoms. The smallest absolute Gasteiger partial charge is 0.0850 e. The molecule has 2 unspecified atom stereocenters. The molecule has 1 aliphatic heterocycles. The number of unbranched alkanes of at least 4 members (excludes halogenated alkanes) is 1. The summed E-state index contributed by atoms with van der Waals surface area (Å²) in [5, 5.41) is 0. The molecule has 0 saturated carbocycles. The van der Waals surface area contributed by atoms with Crippen LogP contribution in [0, 0.1) is 12.3 Å². The van der Waals surface area contributed by atoms with Crippen molar-refractivity contribution in [3.05, 3.63) is 0 Å². The minimum absolute atomic E-state index is 0.116. The van der Waals surface area contributed by atoms with Crippen LogP contribution in [0.2, 0.25) is 0 Å². The van der Waals surface area contributed by atoms with Crippen molar-refractivity contribution in [2.75, 3.05) is 26.2 Å². The van der Waals surface area contributed by atoms with Crippen LogP contribution in [0.25, 0.3) is 0 Å². The van der Waals surface area contributed by atoms with Crippen LogP contribution in [0.1, 0.15) is 19.8 Å². The van der Waals surface area contributed by atoms with E-state index in [1.54, 1.807) is 0 Å². The molecule has 1 rings (SSSR count). The van der Waals surface area contributed by atoms with E-state index in [4.69, 9.17) is 16.9 Å². The maximum absolute atomic E-state index is 5.80. The number of rotatable bonds is 4. The van der Waals surface area contributed by atoms with Crippen LogP contribution in [0.5, 0.6) is 0 Å². The highest BCUT2D eigenvalue weighted by Gasteiger charge is 2.22. The van der Waals surface area contributed by atoms with Crippen molar-refractivity contribution in [3.8, 4) is 12.3 Å². The Labute approximate surface area is 86.6 Å². The van der Waals surface area contributed by atoms with Crippen LogP contribution in [0.15, 0.2) is 0 Å². The van der Waals surface area contributed by atoms with Gasteiger partial charge in [0.1, 0.15) is 0 Å². The number of terminal acetylenes is 1. The zero-order valence-electron chi connectivity index (χ0n) is 8.91. The molecule has 1 saturated heterocycles. The Morgan fingerprint density at radius 1 is 1.71 bits per heavy atom. The summed E-state index contributed by atoms with van der Waals surface area (Å²) >= 11 is 0. The summed E-state index contributed by atoms with van der Waals surface area (Å²) in [6.45, 7) is 5.81. The largest absolute Gasteiger partial charge is 0.374 e. The fraction of sp³-hybridized carbons (Fsp3) is 0.818. The lowest BCUT2D eigenvalue weighted by Gasteiger charge is -2.34. The predicted molar refractivity (Wildman–Crippen MR) is 57.9 cm³/mol. The summed E-state index contributed by atoms with van der Waals surface area (Å²) in [6, 6.07) is 0.116. The third-order valence-electron chi connectivity index (χ3n) is 2.56. The molecule has 1 heterocycles. The Hall–Kier alpha value is -0.560. The second-order valence-electron chi connectivity index (χ2n) is 3.88. The average Bonchev–Trinajstić information content (AvgIpc) is 2.19. The summed E-state index contributed by atoms with van der Waals surface area (Å²) < 4.78 is 5.57. The second kappa shape index (κ2) is 6.02. The van der Waals surface area contributed by atoms with Gasteiger partial charge >= 0.3 is 0 Å². The fourth-order valence-electron chi connectivity index (χ4n) is 1.66. The quantitative estimate of drug-likeness (QED) is 0.524. The molecule has 1 aliphatic rings. The molecule has 0 amide bonds. The molecule has 0 spiro atoms. The molecular weight excluding hydrogens is 176 g/mol. The molecule has 14 heavy (non-hydrogen) atoms. The molecule has 0 aliphatic carbocycles. The van der Waals surface area contributed by atoms with E-state index in [1.807, 2.05) is 6.92 Å². The topological polar surface area (TPSA) is 38.5 Å². The molecule has 3 heteroatoms. The average molecular weight is 196 g/mol. The first-order valence-corrected chi connectivity index (χ1v) is 5.27. The minimum Gasteiger partial charge on any atom is -0.374 e. The summed E-state index contributed by atoms with van der Waals surface area (Å²) in [5.74, 6) is 2.66. The van der Waals surface area contributed by atoms with Crippen LogP contribution < -0.4 is 5.73 Å². The third kappa shape index (κ3) is 3.67. The summed E-state index contributed by atoms with van der Waals surface area (Å²) in [7, 11) is 0. The Morgan fingerprint density at radius 2 is 2.50 bits per heavy atom. The van der Waals surface area contributed by atoms with E-state index in [1.165, 1.54) is 0 Å². The van der Waals surface area contributed by atoms with Gasteiger partial charge in [-0.3, -0.25) is 4.90 Å². The lowest BCUT2D eigenvalue weighted by molar-refractivity contribution is -0.0376. The zero-order valence-corrected chi connectivity index (χ0v) is 8.91. The monoisotopic (exact) mass is 196 g/mol. The summed E-state index contributed by atoms with van der Waals surface area (Å²) in [4.78, 5) is 2.38. The number of hydrogen-bond donors (Lipinski definition) is 1. The first-order valence-electron chi connectivity index (χ1n) is 5.27. The summed E-state index contributed by atoms with van der Waals surface area (Å²) in [5.41, 5.74) is 5.80. The molecule has 1 fully saturated rings. The second-order valence-corrected chi connectivity index (χ2v) is 3.88. The zero-order chi connectivity index (χ0) is 10.4. The van der Waals surface area contributed by atoms with Crippen molar-refractivity contribution in [1.29, 1.82) is 0 Å². The lowest BCUT2D eigenvalue weighted by atomic mass is 10.1. The molecule has 0 radical (unpaired) electrons. The number of morpholine rings is 1. The van der Waals surface area contributed by atoms with E-state index >= 15 is 0 Å². The number of hydrogen-bond acceptors (Lipinski definition) is 3. The predicted octanol–water partition coefficient (Wildman–Crippen LogP) is 0.448. The van der Waals surface area contributed by atoms with E-state index in [2.05, 4.69) is 10.8 Å². The van der Waals surface area contributed by atoms with Gasteiger partial charge in [0, 0.05) is 25.6 Å². The first kappa shape index (κ1) is 11.5. The molecule has 0 aromatic carbocycles. The molecule has 2 N–H and O–H groups in total. The van der Waals surface area contributed by atoms with Crippen molar-refractivity contribution in [3.63, 3.8) is 0 Å². The van der Waals surface area contributed by atoms with Gasteiger partial charge in [0.15, 0.2) is 0 Å². The van der Waals surface area contributed by atoms with Crippen molar-refractivity contribution >= 4 is 0 Å². The SMILES string of the molecule is C#CCCCN1CCOC(C(C)N)C1. The van der Waals surface area contributed by atoms with Crippen LogP contribution in [0.4, 0.5) is 0 Å². The number of nitrogens with zero attached hydrogens (tertiary/aromatic N) is 1. The van der Waals surface area contributed by atoms with Crippen LogP contribution in [-0.4, -0.2) is 43.3 Å². The standard InChI is InChI=1S/C11H20N2O/c1-3-4-5-6-13-7-8-14-11(9-13)10(2)12/h1,10-11H,4-9,12H2,2H3.